The summed E-state index contributed by atoms with van der Waals surface area (Å²) < 4.78 is 16.2. The summed E-state index contributed by atoms with van der Waals surface area (Å²) >= 11 is 12.8. The molecule has 1 spiro atoms. The zero-order chi connectivity index (χ0) is 43.7. The van der Waals surface area contributed by atoms with Crippen molar-refractivity contribution in [1.29, 1.82) is 0 Å². The van der Waals surface area contributed by atoms with Crippen molar-refractivity contribution in [3.63, 3.8) is 0 Å². The average molecular weight is 893 g/mol. The number of anilines is 2. The number of hydrogen-bond acceptors (Lipinski definition) is 9. The van der Waals surface area contributed by atoms with Crippen LogP contribution < -0.4 is 26.6 Å². The highest BCUT2D eigenvalue weighted by Crippen LogP contribution is 2.61. The van der Waals surface area contributed by atoms with Gasteiger partial charge < -0.3 is 21.3 Å². The van der Waals surface area contributed by atoms with Crippen LogP contribution in [0.4, 0.5) is 15.8 Å². The summed E-state index contributed by atoms with van der Waals surface area (Å²) in [5, 5.41) is 15.9. The topological polar surface area (TPSA) is 169 Å². The van der Waals surface area contributed by atoms with Crippen molar-refractivity contribution >= 4 is 70.0 Å². The van der Waals surface area contributed by atoms with E-state index in [0.29, 0.717) is 72.3 Å². The number of likely N-dealkylation sites (tertiary alicyclic amines) is 1. The third kappa shape index (κ3) is 6.98. The normalized spacial score (nSPS) is 26.2. The SMILES string of the molecule is O=C1CCC(N2C(=O)c3cccc(NCCCCNC(=O)c4ccc([C@H]5C[C@H]6[C@@H](N5)[C@H](c5cccc(Cl)c5F)[C@]5(C(=O)Nc7cc(Cl)ccc75)N6CC5CC5)cc4)c3C2=O)C(=O)N1. The Morgan fingerprint density at radius 1 is 0.873 bits per heavy atom. The number of rotatable bonds is 12. The third-order valence-corrected chi connectivity index (χ3v) is 14.2. The van der Waals surface area contributed by atoms with Crippen LogP contribution in [0.5, 0.6) is 0 Å². The van der Waals surface area contributed by atoms with Crippen LogP contribution in [0, 0.1) is 11.7 Å². The molecule has 4 aromatic rings. The van der Waals surface area contributed by atoms with E-state index >= 15 is 4.39 Å². The number of fused-ring (bicyclic) bond motifs is 4. The summed E-state index contributed by atoms with van der Waals surface area (Å²) in [5.74, 6) is -3.35. The molecule has 1 saturated carbocycles. The maximum Gasteiger partial charge on any atom is 0.264 e. The van der Waals surface area contributed by atoms with Gasteiger partial charge in [-0.3, -0.25) is 43.9 Å². The molecule has 16 heteroatoms. The molecule has 1 unspecified atom stereocenters. The van der Waals surface area contributed by atoms with Crippen molar-refractivity contribution in [2.75, 3.05) is 30.3 Å². The predicted octanol–water partition coefficient (Wildman–Crippen LogP) is 6.28. The average Bonchev–Trinajstić information content (AvgIpc) is 3.74. The maximum absolute atomic E-state index is 16.2. The van der Waals surface area contributed by atoms with Crippen LogP contribution in [0.15, 0.2) is 78.9 Å². The molecule has 63 heavy (non-hydrogen) atoms. The van der Waals surface area contributed by atoms with E-state index < -0.39 is 46.9 Å². The lowest BCUT2D eigenvalue weighted by Gasteiger charge is -2.41. The number of nitrogens with one attached hydrogen (secondary N) is 5. The Morgan fingerprint density at radius 2 is 1.65 bits per heavy atom. The quantitative estimate of drug-likeness (QED) is 0.0812. The zero-order valence-corrected chi connectivity index (χ0v) is 35.5. The van der Waals surface area contributed by atoms with Crippen molar-refractivity contribution in [1.82, 2.24) is 25.8 Å². The predicted molar refractivity (Wildman–Crippen MR) is 233 cm³/mol. The number of carbonyl (C=O) groups is 6. The lowest BCUT2D eigenvalue weighted by Crippen LogP contribution is -2.54. The highest BCUT2D eigenvalue weighted by molar-refractivity contribution is 6.31. The first-order valence-corrected chi connectivity index (χ1v) is 22.3. The number of unbranched alkanes of at least 4 members (excludes halogenated alkanes) is 1. The lowest BCUT2D eigenvalue weighted by molar-refractivity contribution is -0.136. The molecule has 4 fully saturated rings. The van der Waals surface area contributed by atoms with E-state index in [-0.39, 0.29) is 58.9 Å². The molecule has 1 aliphatic carbocycles. The second-order valence-electron chi connectivity index (χ2n) is 17.4. The molecule has 0 aromatic heterocycles. The third-order valence-electron chi connectivity index (χ3n) is 13.7. The standard InChI is InChI=1S/C47H44Cl2FN7O6/c48-27-15-16-30-34(21-27)54-46(63)47(30)39(29-6-3-7-31(49)40(29)50)41-36(56(47)23-24-9-10-24)22-33(53-41)25-11-13-26(14-12-25)42(59)52-20-2-1-19-51-32-8-4-5-28-38(32)45(62)57(44(28)61)35-17-18-37(58)55-43(35)60/h3-8,11-16,21,24,33,35-36,39,41,51,53H,1-2,9-10,17-20,22-23H2,(H,52,59)(H,54,63)(H,55,58,60)/t33-,35?,36+,39+,41-,47-/m1/s1. The van der Waals surface area contributed by atoms with E-state index in [4.69, 9.17) is 23.2 Å². The number of benzene rings is 4. The Bertz CT molecular complexity index is 2610. The second kappa shape index (κ2) is 16.2. The van der Waals surface area contributed by atoms with Crippen molar-refractivity contribution in [2.24, 2.45) is 5.92 Å². The maximum atomic E-state index is 16.2. The van der Waals surface area contributed by atoms with E-state index in [1.807, 2.05) is 18.2 Å². The molecule has 10 rings (SSSR count). The van der Waals surface area contributed by atoms with Gasteiger partial charge in [0.05, 0.1) is 16.1 Å². The molecule has 13 nitrogen and oxygen atoms in total. The minimum absolute atomic E-state index is 0.00254. The molecule has 0 bridgehead atoms. The van der Waals surface area contributed by atoms with Crippen molar-refractivity contribution in [3.05, 3.63) is 128 Å². The minimum Gasteiger partial charge on any atom is -0.384 e. The smallest absolute Gasteiger partial charge is 0.264 e. The van der Waals surface area contributed by atoms with Gasteiger partial charge in [-0.2, -0.15) is 0 Å². The Balaban J connectivity index is 0.783. The summed E-state index contributed by atoms with van der Waals surface area (Å²) in [6.45, 7) is 1.57. The van der Waals surface area contributed by atoms with Gasteiger partial charge >= 0.3 is 0 Å². The zero-order valence-electron chi connectivity index (χ0n) is 34.0. The first-order chi connectivity index (χ1) is 30.4. The van der Waals surface area contributed by atoms with Crippen molar-refractivity contribution in [2.45, 2.75) is 80.6 Å². The minimum atomic E-state index is -1.18. The fourth-order valence-corrected chi connectivity index (χ4v) is 11.0. The molecular formula is C47H44Cl2FN7O6. The van der Waals surface area contributed by atoms with E-state index in [9.17, 15) is 28.8 Å². The van der Waals surface area contributed by atoms with Gasteiger partial charge in [0, 0.05) is 77.6 Å². The van der Waals surface area contributed by atoms with Crippen molar-refractivity contribution < 1.29 is 33.2 Å². The van der Waals surface area contributed by atoms with Crippen molar-refractivity contribution in [3.8, 4) is 0 Å². The number of hydrogen-bond donors (Lipinski definition) is 5. The fraction of sp³-hybridized carbons (Fsp3) is 0.362. The number of piperidine rings is 1. The molecule has 5 aliphatic heterocycles. The van der Waals surface area contributed by atoms with Gasteiger partial charge in [-0.25, -0.2) is 4.39 Å². The number of amides is 6. The molecule has 6 atom stereocenters. The van der Waals surface area contributed by atoms with Gasteiger partial charge in [0.2, 0.25) is 17.7 Å². The monoisotopic (exact) mass is 891 g/mol. The van der Waals surface area contributed by atoms with Gasteiger partial charge in [0.15, 0.2) is 0 Å². The number of imide groups is 2. The van der Waals surface area contributed by atoms with Crippen LogP contribution in [0.3, 0.4) is 0 Å². The lowest BCUT2D eigenvalue weighted by atomic mass is 9.73. The molecule has 324 valence electrons. The van der Waals surface area contributed by atoms with E-state index in [2.05, 4.69) is 31.5 Å². The van der Waals surface area contributed by atoms with Crippen LogP contribution in [0.1, 0.15) is 105 Å². The summed E-state index contributed by atoms with van der Waals surface area (Å²) in [5.41, 5.74) is 3.00. The molecule has 4 aromatic carbocycles. The Labute approximate surface area is 372 Å². The molecule has 5 heterocycles. The van der Waals surface area contributed by atoms with Gasteiger partial charge in [0.25, 0.3) is 17.7 Å². The molecular weight excluding hydrogens is 848 g/mol. The van der Waals surface area contributed by atoms with E-state index in [1.165, 1.54) is 6.07 Å². The molecule has 3 saturated heterocycles. The molecule has 5 N–H and O–H groups in total. The van der Waals surface area contributed by atoms with E-state index in [1.54, 1.807) is 54.6 Å². The van der Waals surface area contributed by atoms with Crippen LogP contribution in [0.25, 0.3) is 0 Å². The molecule has 0 radical (unpaired) electrons. The van der Waals surface area contributed by atoms with Gasteiger partial charge in [-0.1, -0.05) is 59.6 Å². The number of carbonyl (C=O) groups excluding carboxylic acids is 6. The summed E-state index contributed by atoms with van der Waals surface area (Å²) in [4.78, 5) is 81.7. The summed E-state index contributed by atoms with van der Waals surface area (Å²) in [6, 6.07) is 21.3. The first kappa shape index (κ1) is 41.3. The fourth-order valence-electron chi connectivity index (χ4n) is 10.6. The van der Waals surface area contributed by atoms with Crippen LogP contribution in [0.2, 0.25) is 10.0 Å². The van der Waals surface area contributed by atoms with Crippen LogP contribution >= 0.6 is 23.2 Å². The highest BCUT2D eigenvalue weighted by Gasteiger charge is 2.69. The Hall–Kier alpha value is -5.67. The van der Waals surface area contributed by atoms with Crippen LogP contribution in [-0.2, 0) is 19.9 Å². The number of halogens is 3. The summed E-state index contributed by atoms with van der Waals surface area (Å²) in [7, 11) is 0. The Morgan fingerprint density at radius 3 is 2.43 bits per heavy atom. The van der Waals surface area contributed by atoms with Crippen LogP contribution in [-0.4, -0.2) is 83.0 Å². The highest BCUT2D eigenvalue weighted by atomic mass is 35.5. The van der Waals surface area contributed by atoms with Gasteiger partial charge in [-0.15, -0.1) is 0 Å². The number of nitrogens with zero attached hydrogens (tertiary/aromatic N) is 2. The second-order valence-corrected chi connectivity index (χ2v) is 18.2. The Kier molecular flexibility index (Phi) is 10.6. The molecule has 6 amide bonds. The van der Waals surface area contributed by atoms with Gasteiger partial charge in [-0.05, 0) is 98.0 Å². The largest absolute Gasteiger partial charge is 0.384 e. The van der Waals surface area contributed by atoms with E-state index in [0.717, 1.165) is 28.9 Å². The molecule has 6 aliphatic rings. The summed E-state index contributed by atoms with van der Waals surface area (Å²) in [6.07, 6.45) is 4.22. The van der Waals surface area contributed by atoms with Gasteiger partial charge in [0.1, 0.15) is 17.4 Å². The first-order valence-electron chi connectivity index (χ1n) is 21.5.